The van der Waals surface area contributed by atoms with Crippen LogP contribution in [0.3, 0.4) is 0 Å². The Labute approximate surface area is 186 Å². The van der Waals surface area contributed by atoms with Gasteiger partial charge in [0.2, 0.25) is 5.91 Å². The highest BCUT2D eigenvalue weighted by molar-refractivity contribution is 14.0. The zero-order valence-corrected chi connectivity index (χ0v) is 19.8. The Kier molecular flexibility index (Phi) is 7.16. The second-order valence-electron chi connectivity index (χ2n) is 9.39. The lowest BCUT2D eigenvalue weighted by Crippen LogP contribution is -2.72. The van der Waals surface area contributed by atoms with Crippen molar-refractivity contribution in [3.8, 4) is 0 Å². The number of aliphatic imine (C=N–C) groups is 1. The molecule has 0 bridgehead atoms. The van der Waals surface area contributed by atoms with E-state index in [1.165, 1.54) is 25.7 Å². The van der Waals surface area contributed by atoms with Gasteiger partial charge in [0, 0.05) is 49.0 Å². The van der Waals surface area contributed by atoms with E-state index in [4.69, 9.17) is 4.74 Å². The molecule has 0 aromatic carbocycles. The number of nitrogens with one attached hydrogen (secondary N) is 3. The van der Waals surface area contributed by atoms with Crippen LogP contribution in [-0.4, -0.2) is 49.8 Å². The highest BCUT2D eigenvalue weighted by Gasteiger charge is 2.66. The maximum atomic E-state index is 12.4. The Balaban J connectivity index is 0.00000225. The maximum absolute atomic E-state index is 12.4. The normalized spacial score (nSPS) is 36.0. The number of halogens is 1. The number of carbonyl (C=O) groups is 1. The Morgan fingerprint density at radius 1 is 1.14 bits per heavy atom. The summed E-state index contributed by atoms with van der Waals surface area (Å²) < 4.78 is 6.03. The molecule has 3 aliphatic carbocycles. The lowest BCUT2D eigenvalue weighted by atomic mass is 9.46. The molecule has 4 aliphatic rings. The first-order valence-electron chi connectivity index (χ1n) is 11.0. The standard InChI is InChI=1S/C21H36N4O2.HI/c1-13(2)23-19(26)14-6-4-7-15(12-14)24-20(22-3)25-17-16-8-11-27-18(16)21(17)9-5-10-21;/h13-18H,4-12H2,1-3H3,(H,23,26)(H2,22,24,25);1H. The van der Waals surface area contributed by atoms with Gasteiger partial charge in [0.1, 0.15) is 0 Å². The third-order valence-electron chi connectivity index (χ3n) is 7.37. The summed E-state index contributed by atoms with van der Waals surface area (Å²) in [6, 6.07) is 1.02. The number of rotatable bonds is 4. The number of guanidine groups is 1. The van der Waals surface area contributed by atoms with Crippen molar-refractivity contribution in [2.45, 2.75) is 89.4 Å². The van der Waals surface area contributed by atoms with Crippen LogP contribution in [0, 0.1) is 17.3 Å². The lowest BCUT2D eigenvalue weighted by Gasteiger charge is -2.63. The van der Waals surface area contributed by atoms with Crippen molar-refractivity contribution in [3.05, 3.63) is 0 Å². The predicted molar refractivity (Wildman–Crippen MR) is 122 cm³/mol. The molecule has 1 saturated heterocycles. The molecule has 0 radical (unpaired) electrons. The molecule has 3 N–H and O–H groups in total. The molecular weight excluding hydrogens is 467 g/mol. The van der Waals surface area contributed by atoms with Gasteiger partial charge in [-0.05, 0) is 52.4 Å². The average molecular weight is 504 g/mol. The summed E-state index contributed by atoms with van der Waals surface area (Å²) >= 11 is 0. The molecule has 28 heavy (non-hydrogen) atoms. The van der Waals surface area contributed by atoms with E-state index in [1.807, 2.05) is 20.9 Å². The van der Waals surface area contributed by atoms with Crippen LogP contribution in [0.5, 0.6) is 0 Å². The molecule has 1 amide bonds. The minimum absolute atomic E-state index is 0. The molecule has 0 aromatic heterocycles. The second-order valence-corrected chi connectivity index (χ2v) is 9.39. The van der Waals surface area contributed by atoms with E-state index in [0.717, 1.165) is 38.2 Å². The SMILES string of the molecule is CN=C(NC1CCCC(C(=O)NC(C)C)C1)NC1C2CCOC2C12CCC2.I. The number of carbonyl (C=O) groups excluding carboxylic acids is 1. The molecule has 5 unspecified atom stereocenters. The van der Waals surface area contributed by atoms with E-state index < -0.39 is 0 Å². The Morgan fingerprint density at radius 2 is 1.93 bits per heavy atom. The molecular formula is C21H37IN4O2. The number of hydrogen-bond donors (Lipinski definition) is 3. The number of fused-ring (bicyclic) bond motifs is 2. The van der Waals surface area contributed by atoms with E-state index in [1.54, 1.807) is 0 Å². The lowest BCUT2D eigenvalue weighted by molar-refractivity contribution is -0.171. The number of amides is 1. The molecule has 1 heterocycles. The number of nitrogens with zero attached hydrogens (tertiary/aromatic N) is 1. The van der Waals surface area contributed by atoms with Gasteiger partial charge in [0.15, 0.2) is 5.96 Å². The summed E-state index contributed by atoms with van der Waals surface area (Å²) in [7, 11) is 1.86. The van der Waals surface area contributed by atoms with Crippen molar-refractivity contribution < 1.29 is 9.53 Å². The molecule has 1 aliphatic heterocycles. The fraction of sp³-hybridized carbons (Fsp3) is 0.905. The zero-order valence-electron chi connectivity index (χ0n) is 17.5. The van der Waals surface area contributed by atoms with E-state index in [2.05, 4.69) is 20.9 Å². The molecule has 6 nitrogen and oxygen atoms in total. The van der Waals surface area contributed by atoms with Crippen molar-refractivity contribution >= 4 is 35.8 Å². The molecule has 4 fully saturated rings. The minimum Gasteiger partial charge on any atom is -0.377 e. The first-order valence-corrected chi connectivity index (χ1v) is 11.0. The van der Waals surface area contributed by atoms with E-state index in [0.29, 0.717) is 29.5 Å². The summed E-state index contributed by atoms with van der Waals surface area (Å²) in [5, 5.41) is 10.5. The van der Waals surface area contributed by atoms with Gasteiger partial charge in [0.25, 0.3) is 0 Å². The topological polar surface area (TPSA) is 74.8 Å². The average Bonchev–Trinajstić information content (AvgIpc) is 3.02. The Morgan fingerprint density at radius 3 is 2.57 bits per heavy atom. The van der Waals surface area contributed by atoms with Crippen LogP contribution in [-0.2, 0) is 9.53 Å². The van der Waals surface area contributed by atoms with Gasteiger partial charge in [-0.25, -0.2) is 0 Å². The fourth-order valence-corrected chi connectivity index (χ4v) is 5.93. The van der Waals surface area contributed by atoms with Crippen molar-refractivity contribution in [2.75, 3.05) is 13.7 Å². The van der Waals surface area contributed by atoms with Gasteiger partial charge in [0.05, 0.1) is 6.10 Å². The van der Waals surface area contributed by atoms with E-state index in [9.17, 15) is 4.79 Å². The van der Waals surface area contributed by atoms with Crippen LogP contribution in [0.4, 0.5) is 0 Å². The Hall–Kier alpha value is -0.570. The summed E-state index contributed by atoms with van der Waals surface area (Å²) in [6.07, 6.45) is 9.62. The highest BCUT2D eigenvalue weighted by atomic mass is 127. The first-order chi connectivity index (χ1) is 13.0. The summed E-state index contributed by atoms with van der Waals surface area (Å²) in [5.74, 6) is 1.87. The van der Waals surface area contributed by atoms with Crippen molar-refractivity contribution in [3.63, 3.8) is 0 Å². The second kappa shape index (κ2) is 9.06. The zero-order chi connectivity index (χ0) is 19.0. The molecule has 160 valence electrons. The quantitative estimate of drug-likeness (QED) is 0.313. The van der Waals surface area contributed by atoms with Gasteiger partial charge in [-0.15, -0.1) is 24.0 Å². The van der Waals surface area contributed by atoms with Gasteiger partial charge >= 0.3 is 0 Å². The highest BCUT2D eigenvalue weighted by Crippen LogP contribution is 2.62. The molecule has 1 spiro atoms. The first kappa shape index (κ1) is 22.1. The maximum Gasteiger partial charge on any atom is 0.223 e. The molecule has 4 rings (SSSR count). The number of hydrogen-bond acceptors (Lipinski definition) is 3. The largest absolute Gasteiger partial charge is 0.377 e. The van der Waals surface area contributed by atoms with Crippen molar-refractivity contribution in [1.29, 1.82) is 0 Å². The van der Waals surface area contributed by atoms with Crippen LogP contribution in [0.2, 0.25) is 0 Å². The molecule has 3 saturated carbocycles. The monoisotopic (exact) mass is 504 g/mol. The fourth-order valence-electron chi connectivity index (χ4n) is 5.93. The summed E-state index contributed by atoms with van der Waals surface area (Å²) in [5.41, 5.74) is 0.352. The third-order valence-corrected chi connectivity index (χ3v) is 7.37. The van der Waals surface area contributed by atoms with Crippen LogP contribution < -0.4 is 16.0 Å². The van der Waals surface area contributed by atoms with Crippen molar-refractivity contribution in [2.24, 2.45) is 22.2 Å². The van der Waals surface area contributed by atoms with E-state index >= 15 is 0 Å². The van der Waals surface area contributed by atoms with Crippen LogP contribution in [0.25, 0.3) is 0 Å². The Bertz CT molecular complexity index is 593. The minimum atomic E-state index is 0. The molecule has 0 aromatic rings. The van der Waals surface area contributed by atoms with Crippen LogP contribution >= 0.6 is 24.0 Å². The van der Waals surface area contributed by atoms with Gasteiger partial charge < -0.3 is 20.7 Å². The van der Waals surface area contributed by atoms with Gasteiger partial charge in [-0.1, -0.05) is 12.8 Å². The van der Waals surface area contributed by atoms with Gasteiger partial charge in [-0.3, -0.25) is 9.79 Å². The predicted octanol–water partition coefficient (Wildman–Crippen LogP) is 2.81. The van der Waals surface area contributed by atoms with Crippen molar-refractivity contribution in [1.82, 2.24) is 16.0 Å². The summed E-state index contributed by atoms with van der Waals surface area (Å²) in [4.78, 5) is 16.9. The third kappa shape index (κ3) is 4.02. The van der Waals surface area contributed by atoms with E-state index in [-0.39, 0.29) is 41.8 Å². The number of ether oxygens (including phenoxy) is 1. The smallest absolute Gasteiger partial charge is 0.223 e. The molecule has 5 atom stereocenters. The summed E-state index contributed by atoms with van der Waals surface area (Å²) in [6.45, 7) is 4.96. The van der Waals surface area contributed by atoms with Crippen LogP contribution in [0.1, 0.15) is 65.2 Å². The van der Waals surface area contributed by atoms with Crippen LogP contribution in [0.15, 0.2) is 4.99 Å². The molecule has 7 heteroatoms. The van der Waals surface area contributed by atoms with Gasteiger partial charge in [-0.2, -0.15) is 0 Å².